The molecule has 0 saturated carbocycles. The highest BCUT2D eigenvalue weighted by Gasteiger charge is 2.17. The molecular formula is C57H40Al5F6N6O5. The van der Waals surface area contributed by atoms with Crippen molar-refractivity contribution < 1.29 is 45.3 Å². The van der Waals surface area contributed by atoms with Crippen molar-refractivity contribution in [1.82, 2.24) is 24.9 Å². The van der Waals surface area contributed by atoms with E-state index >= 15 is 0 Å². The van der Waals surface area contributed by atoms with Crippen molar-refractivity contribution in [2.45, 2.75) is 6.92 Å². The van der Waals surface area contributed by atoms with Crippen LogP contribution in [0, 0.1) is 48.4 Å². The van der Waals surface area contributed by atoms with Crippen molar-refractivity contribution in [3.63, 3.8) is 0 Å². The molecule has 22 heteroatoms. The summed E-state index contributed by atoms with van der Waals surface area (Å²) in [7, 11) is 0. The molecule has 10 aromatic rings. The number of hydrogen-bond acceptors (Lipinski definition) is 10. The fraction of sp³-hybridized carbons (Fsp3) is 0.0175. The topological polar surface area (TPSA) is 115 Å². The van der Waals surface area contributed by atoms with Crippen LogP contribution in [0.2, 0.25) is 0 Å². The molecule has 5 heterocycles. The Kier molecular flexibility index (Phi) is 24.0. The number of nitrogens with zero attached hydrogens (tertiary/aromatic N) is 6. The van der Waals surface area contributed by atoms with Crippen LogP contribution in [0.4, 0.5) is 32.0 Å². The second-order valence-corrected chi connectivity index (χ2v) is 17.3. The Hall–Kier alpha value is -7.42. The number of halogens is 6. The summed E-state index contributed by atoms with van der Waals surface area (Å²) in [5, 5.41) is 0. The molecule has 0 aliphatic rings. The van der Waals surface area contributed by atoms with Gasteiger partial charge in [0.25, 0.3) is 0 Å². The number of pyridine rings is 5. The highest BCUT2D eigenvalue weighted by Crippen LogP contribution is 2.39. The Morgan fingerprint density at radius 1 is 0.354 bits per heavy atom. The lowest BCUT2D eigenvalue weighted by Crippen LogP contribution is -1.96. The van der Waals surface area contributed by atoms with E-state index in [-0.39, 0.29) is 34.5 Å². The van der Waals surface area contributed by atoms with Crippen molar-refractivity contribution in [1.29, 1.82) is 0 Å². The van der Waals surface area contributed by atoms with E-state index in [0.717, 1.165) is 45.6 Å². The number of benzene rings is 5. The Labute approximate surface area is 493 Å². The second kappa shape index (κ2) is 31.2. The molecule has 0 atom stereocenters. The Morgan fingerprint density at radius 3 is 1.19 bits per heavy atom. The fourth-order valence-electron chi connectivity index (χ4n) is 7.28. The van der Waals surface area contributed by atoms with Crippen LogP contribution in [0.5, 0.6) is 28.7 Å². The minimum Gasteiger partial charge on any atom is -0.651 e. The van der Waals surface area contributed by atoms with Gasteiger partial charge in [-0.3, -0.25) is 24.9 Å². The molecule has 0 saturated heterocycles. The molecule has 0 amide bonds. The lowest BCUT2D eigenvalue weighted by molar-refractivity contribution is 0.554. The van der Waals surface area contributed by atoms with Crippen molar-refractivity contribution in [2.24, 2.45) is 0 Å². The van der Waals surface area contributed by atoms with Crippen LogP contribution in [0.1, 0.15) is 5.56 Å². The molecule has 5 radical (unpaired) electrons. The van der Waals surface area contributed by atoms with E-state index in [0.29, 0.717) is 62.5 Å². The van der Waals surface area contributed by atoms with Crippen LogP contribution in [0.25, 0.3) is 61.1 Å². The van der Waals surface area contributed by atoms with Crippen LogP contribution in [-0.2, 0) is 0 Å². The summed E-state index contributed by atoms with van der Waals surface area (Å²) in [6, 6.07) is 43.6. The molecule has 0 N–H and O–H groups in total. The SMILES string of the molecule is Cc1cc(F)c(-c2ccccn2)c([O][AlH])c1.Fc1cc(F)c(-c2ccccn2)c([O][AlH])c1.Fc1ccc(-c2ccccn2)c([O][AlH])c1.Fc1cccc([O][AlH])c1-c1ccccn1.[C-]#[N+]c1cc(F)cc([O][AlH])c1-c1ccccn1. The summed E-state index contributed by atoms with van der Waals surface area (Å²) < 4.78 is 106. The van der Waals surface area contributed by atoms with Crippen LogP contribution in [0.3, 0.4) is 0 Å². The molecule has 5 aromatic carbocycles. The van der Waals surface area contributed by atoms with Crippen LogP contribution < -0.4 is 18.9 Å². The molecular weight excluding hydrogens is 1100 g/mol. The third-order valence-electron chi connectivity index (χ3n) is 10.7. The molecule has 11 nitrogen and oxygen atoms in total. The van der Waals surface area contributed by atoms with Gasteiger partial charge in [-0.2, -0.15) is 0 Å². The second-order valence-electron chi connectivity index (χ2n) is 15.8. The Morgan fingerprint density at radius 2 is 0.747 bits per heavy atom. The average molecular weight is 1140 g/mol. The first-order chi connectivity index (χ1) is 38.3. The van der Waals surface area contributed by atoms with E-state index in [1.807, 2.05) is 37.3 Å². The van der Waals surface area contributed by atoms with E-state index in [1.165, 1.54) is 103 Å². The molecule has 0 spiro atoms. The van der Waals surface area contributed by atoms with Crippen molar-refractivity contribution in [3.05, 3.63) is 247 Å². The summed E-state index contributed by atoms with van der Waals surface area (Å²) in [5.74, 6) is -0.762. The number of aromatic nitrogens is 5. The first-order valence-electron chi connectivity index (χ1n) is 23.1. The zero-order valence-corrected chi connectivity index (χ0v) is 49.1. The molecule has 0 fully saturated rings. The monoisotopic (exact) mass is 1140 g/mol. The fourth-order valence-corrected chi connectivity index (χ4v) is 8.44. The highest BCUT2D eigenvalue weighted by molar-refractivity contribution is 6.02. The predicted molar refractivity (Wildman–Crippen MR) is 298 cm³/mol. The van der Waals surface area contributed by atoms with Gasteiger partial charge in [-0.1, -0.05) is 36.4 Å². The summed E-state index contributed by atoms with van der Waals surface area (Å²) >= 11 is 6.36. The van der Waals surface area contributed by atoms with E-state index in [1.54, 1.807) is 116 Å². The summed E-state index contributed by atoms with van der Waals surface area (Å²) in [6.07, 6.45) is 8.12. The lowest BCUT2D eigenvalue weighted by Gasteiger charge is -2.11. The quantitative estimate of drug-likeness (QED) is 0.0745. The molecule has 0 aliphatic heterocycles. The molecule has 0 bridgehead atoms. The summed E-state index contributed by atoms with van der Waals surface area (Å²) in [5.41, 5.74) is 6.32. The van der Waals surface area contributed by atoms with Gasteiger partial charge in [-0.15, -0.1) is 0 Å². The molecule has 0 aliphatic carbocycles. The minimum absolute atomic E-state index is 0.148. The zero-order chi connectivity index (χ0) is 56.7. The Bertz CT molecular complexity index is 3520. The van der Waals surface area contributed by atoms with Gasteiger partial charge in [0, 0.05) is 66.4 Å². The standard InChI is InChI=1S/C12H7FN2O.C12H10FNO.C11H7F2NO.2C11H8FNO.5Al.5H/c1-14-10-6-8(13)7-11(16)12(10)9-4-2-3-5-15-9;1-8-6-9(13)12(11(15)7-8)10-4-2-3-5-14-10;12-7-5-8(13)11(10(15)6-7)9-3-1-2-4-14-9;12-8-4-3-6-10(14)11(8)9-5-1-2-7-13-9;12-8-4-5-9(11(14)7-8)10-3-1-2-6-13-10;;;;;;;;;;/h2-7,16H;2-7,15H,1H3;1-6,15H;2*1-7,14H;;;;;;;;;;/q;;;;;5*+1;;;;;/p-5. The van der Waals surface area contributed by atoms with Gasteiger partial charge >= 0.3 is 83.1 Å². The Balaban J connectivity index is 0.000000160. The lowest BCUT2D eigenvalue weighted by atomic mass is 10.1. The van der Waals surface area contributed by atoms with Gasteiger partial charge in [0.1, 0.15) is 34.9 Å². The van der Waals surface area contributed by atoms with E-state index in [9.17, 15) is 26.3 Å². The van der Waals surface area contributed by atoms with Crippen molar-refractivity contribution in [2.75, 3.05) is 0 Å². The summed E-state index contributed by atoms with van der Waals surface area (Å²) in [6.45, 7) is 8.91. The van der Waals surface area contributed by atoms with Gasteiger partial charge in [0.2, 0.25) is 5.69 Å². The highest BCUT2D eigenvalue weighted by atomic mass is 27.1. The molecule has 79 heavy (non-hydrogen) atoms. The maximum Gasteiger partial charge on any atom is 0.494 e. The number of aryl methyl sites for hydroxylation is 1. The molecule has 385 valence electrons. The minimum atomic E-state index is -0.680. The first kappa shape index (κ1) is 60.8. The van der Waals surface area contributed by atoms with Crippen molar-refractivity contribution >= 4 is 88.8 Å². The van der Waals surface area contributed by atoms with E-state index in [2.05, 4.69) is 29.8 Å². The van der Waals surface area contributed by atoms with Gasteiger partial charge in [-0.05, 0) is 116 Å². The van der Waals surface area contributed by atoms with Gasteiger partial charge in [0.15, 0.2) is 0 Å². The van der Waals surface area contributed by atoms with Gasteiger partial charge < -0.3 is 18.9 Å². The first-order valence-corrected chi connectivity index (χ1v) is 26.0. The third-order valence-corrected chi connectivity index (χ3v) is 12.3. The molecule has 10 rings (SSSR count). The van der Waals surface area contributed by atoms with Crippen LogP contribution >= 0.6 is 0 Å². The van der Waals surface area contributed by atoms with Crippen LogP contribution in [0.15, 0.2) is 195 Å². The smallest absolute Gasteiger partial charge is 0.494 e. The predicted octanol–water partition coefficient (Wildman–Crippen LogP) is 11.4. The maximum absolute atomic E-state index is 13.9. The average Bonchev–Trinajstić information content (AvgIpc) is 3.51. The third kappa shape index (κ3) is 17.0. The van der Waals surface area contributed by atoms with Gasteiger partial charge in [0.05, 0.1) is 80.5 Å². The summed E-state index contributed by atoms with van der Waals surface area (Å²) in [4.78, 5) is 23.9. The van der Waals surface area contributed by atoms with Crippen LogP contribution in [-0.4, -0.2) is 108 Å². The van der Waals surface area contributed by atoms with E-state index < -0.39 is 17.5 Å². The number of hydrogen-bond donors (Lipinski definition) is 0. The van der Waals surface area contributed by atoms with Gasteiger partial charge in [-0.25, -0.2) is 31.2 Å². The maximum atomic E-state index is 13.9. The normalized spacial score (nSPS) is 9.95. The molecule has 0 unspecified atom stereocenters. The van der Waals surface area contributed by atoms with E-state index in [4.69, 9.17) is 25.5 Å². The van der Waals surface area contributed by atoms with Crippen molar-refractivity contribution in [3.8, 4) is 85.0 Å². The number of rotatable bonds is 10. The zero-order valence-electron chi connectivity index (χ0n) is 42.0. The largest absolute Gasteiger partial charge is 0.651 e. The molecule has 5 aromatic heterocycles.